The number of likely N-dealkylation sites (tertiary alicyclic amines) is 1. The summed E-state index contributed by atoms with van der Waals surface area (Å²) in [6, 6.07) is 2.37. The average Bonchev–Trinajstić information content (AvgIpc) is 2.82. The quantitative estimate of drug-likeness (QED) is 0.848. The highest BCUT2D eigenvalue weighted by molar-refractivity contribution is 5.99. The molecule has 1 aliphatic rings. The van der Waals surface area contributed by atoms with E-state index in [2.05, 4.69) is 35.6 Å². The van der Waals surface area contributed by atoms with Crippen LogP contribution in [0, 0.1) is 19.8 Å². The third kappa shape index (κ3) is 3.83. The molecule has 23 heavy (non-hydrogen) atoms. The first kappa shape index (κ1) is 17.7. The van der Waals surface area contributed by atoms with Gasteiger partial charge in [-0.2, -0.15) is 0 Å². The molecule has 0 spiro atoms. The lowest BCUT2D eigenvalue weighted by molar-refractivity contribution is -0.125. The number of nitrogens with zero attached hydrogens (tertiary/aromatic N) is 2. The molecule has 1 amide bonds. The van der Waals surface area contributed by atoms with Gasteiger partial charge in [-0.3, -0.25) is 14.5 Å². The molecule has 0 bridgehead atoms. The minimum Gasteiger partial charge on any atom is -0.359 e. The Morgan fingerprint density at radius 2 is 1.87 bits per heavy atom. The number of ketones is 1. The Morgan fingerprint density at radius 1 is 1.26 bits per heavy atom. The predicted molar refractivity (Wildman–Crippen MR) is 91.9 cm³/mol. The lowest BCUT2D eigenvalue weighted by atomic mass is 9.95. The van der Waals surface area contributed by atoms with Crippen LogP contribution in [0.4, 0.5) is 0 Å². The number of Topliss-reactive ketones (excluding diaryl/α,β-unsaturated/α-hetero) is 1. The van der Waals surface area contributed by atoms with Gasteiger partial charge in [0.25, 0.3) is 0 Å². The van der Waals surface area contributed by atoms with Gasteiger partial charge >= 0.3 is 0 Å². The van der Waals surface area contributed by atoms with E-state index in [4.69, 9.17) is 0 Å². The van der Waals surface area contributed by atoms with Crippen molar-refractivity contribution in [1.82, 2.24) is 14.8 Å². The summed E-state index contributed by atoms with van der Waals surface area (Å²) in [5.74, 6) is 0.400. The van der Waals surface area contributed by atoms with E-state index in [9.17, 15) is 9.59 Å². The van der Waals surface area contributed by atoms with Crippen LogP contribution in [-0.4, -0.2) is 47.8 Å². The van der Waals surface area contributed by atoms with E-state index in [1.54, 1.807) is 7.05 Å². The molecule has 0 aromatic carbocycles. The van der Waals surface area contributed by atoms with Crippen LogP contribution in [0.25, 0.3) is 0 Å². The normalized spacial score (nSPS) is 16.8. The molecule has 0 aliphatic carbocycles. The summed E-state index contributed by atoms with van der Waals surface area (Å²) in [6.07, 6.45) is 1.66. The van der Waals surface area contributed by atoms with Crippen molar-refractivity contribution in [1.29, 1.82) is 0 Å². The lowest BCUT2D eigenvalue weighted by Gasteiger charge is -2.30. The summed E-state index contributed by atoms with van der Waals surface area (Å²) in [5, 5.41) is 2.72. The first-order chi connectivity index (χ1) is 10.8. The standard InChI is InChI=1S/C18H29N3O2/c1-12(2)21-13(3)10-16(14(21)4)17(22)11-20-8-6-15(7-9-20)18(23)19-5/h10,12,15H,6-9,11H2,1-5H3,(H,19,23). The second-order valence-corrected chi connectivity index (χ2v) is 6.84. The Bertz CT molecular complexity index is 581. The number of nitrogens with one attached hydrogen (secondary N) is 1. The van der Waals surface area contributed by atoms with Crippen molar-refractivity contribution in [3.8, 4) is 0 Å². The Balaban J connectivity index is 1.99. The number of hydrogen-bond donors (Lipinski definition) is 1. The van der Waals surface area contributed by atoms with Gasteiger partial charge in [0.15, 0.2) is 5.78 Å². The fraction of sp³-hybridized carbons (Fsp3) is 0.667. The van der Waals surface area contributed by atoms with E-state index < -0.39 is 0 Å². The van der Waals surface area contributed by atoms with Gasteiger partial charge in [-0.25, -0.2) is 0 Å². The number of aryl methyl sites for hydroxylation is 1. The van der Waals surface area contributed by atoms with E-state index >= 15 is 0 Å². The average molecular weight is 319 g/mol. The summed E-state index contributed by atoms with van der Waals surface area (Å²) >= 11 is 0. The second kappa shape index (κ2) is 7.30. The van der Waals surface area contributed by atoms with Crippen molar-refractivity contribution in [2.75, 3.05) is 26.7 Å². The van der Waals surface area contributed by atoms with Crippen molar-refractivity contribution >= 4 is 11.7 Å². The molecule has 5 heteroatoms. The Morgan fingerprint density at radius 3 is 2.35 bits per heavy atom. The molecule has 1 aromatic rings. The molecule has 0 atom stereocenters. The number of piperidine rings is 1. The monoisotopic (exact) mass is 319 g/mol. The zero-order valence-electron chi connectivity index (χ0n) is 15.0. The number of carbonyl (C=O) groups is 2. The molecule has 0 saturated carbocycles. The summed E-state index contributed by atoms with van der Waals surface area (Å²) in [6.45, 7) is 10.4. The van der Waals surface area contributed by atoms with Crippen LogP contribution in [0.5, 0.6) is 0 Å². The van der Waals surface area contributed by atoms with Crippen LogP contribution >= 0.6 is 0 Å². The molecular formula is C18H29N3O2. The third-order valence-electron chi connectivity index (χ3n) is 4.87. The molecule has 1 N–H and O–H groups in total. The highest BCUT2D eigenvalue weighted by Crippen LogP contribution is 2.22. The van der Waals surface area contributed by atoms with Crippen LogP contribution in [0.1, 0.15) is 54.5 Å². The number of aromatic nitrogens is 1. The van der Waals surface area contributed by atoms with Crippen LogP contribution in [-0.2, 0) is 4.79 Å². The number of hydrogen-bond acceptors (Lipinski definition) is 3. The summed E-state index contributed by atoms with van der Waals surface area (Å²) in [4.78, 5) is 26.5. The van der Waals surface area contributed by atoms with Gasteiger partial charge in [-0.1, -0.05) is 0 Å². The molecule has 1 aliphatic heterocycles. The fourth-order valence-corrected chi connectivity index (χ4v) is 3.70. The highest BCUT2D eigenvalue weighted by Gasteiger charge is 2.26. The smallest absolute Gasteiger partial charge is 0.222 e. The Kier molecular flexibility index (Phi) is 5.63. The largest absolute Gasteiger partial charge is 0.359 e. The van der Waals surface area contributed by atoms with Crippen LogP contribution in [0.2, 0.25) is 0 Å². The van der Waals surface area contributed by atoms with Crippen LogP contribution in [0.15, 0.2) is 6.07 Å². The van der Waals surface area contributed by atoms with Crippen molar-refractivity contribution in [2.45, 2.75) is 46.6 Å². The lowest BCUT2D eigenvalue weighted by Crippen LogP contribution is -2.41. The highest BCUT2D eigenvalue weighted by atomic mass is 16.1. The SMILES string of the molecule is CNC(=O)C1CCN(CC(=O)c2cc(C)n(C(C)C)c2C)CC1. The van der Waals surface area contributed by atoms with Crippen LogP contribution in [0.3, 0.4) is 0 Å². The summed E-state index contributed by atoms with van der Waals surface area (Å²) in [7, 11) is 1.68. The molecule has 2 heterocycles. The zero-order chi connectivity index (χ0) is 17.1. The van der Waals surface area contributed by atoms with Gasteiger partial charge in [0.05, 0.1) is 6.54 Å². The molecule has 1 fully saturated rings. The number of rotatable bonds is 5. The van der Waals surface area contributed by atoms with Gasteiger partial charge in [0.2, 0.25) is 5.91 Å². The predicted octanol–water partition coefficient (Wildman–Crippen LogP) is 2.33. The molecule has 5 nitrogen and oxygen atoms in total. The van der Waals surface area contributed by atoms with Gasteiger partial charge in [0.1, 0.15) is 0 Å². The first-order valence-electron chi connectivity index (χ1n) is 8.50. The van der Waals surface area contributed by atoms with Gasteiger partial charge in [0, 0.05) is 36.0 Å². The van der Waals surface area contributed by atoms with Crippen molar-refractivity contribution in [2.24, 2.45) is 5.92 Å². The minimum atomic E-state index is 0.0948. The van der Waals surface area contributed by atoms with Gasteiger partial charge in [-0.15, -0.1) is 0 Å². The van der Waals surface area contributed by atoms with E-state index in [0.29, 0.717) is 12.6 Å². The number of amides is 1. The molecule has 128 valence electrons. The summed E-state index contributed by atoms with van der Waals surface area (Å²) in [5.41, 5.74) is 3.03. The second-order valence-electron chi connectivity index (χ2n) is 6.84. The minimum absolute atomic E-state index is 0.0948. The third-order valence-corrected chi connectivity index (χ3v) is 4.87. The van der Waals surface area contributed by atoms with E-state index in [0.717, 1.165) is 42.9 Å². The molecule has 1 saturated heterocycles. The maximum atomic E-state index is 12.7. The Hall–Kier alpha value is -1.62. The fourth-order valence-electron chi connectivity index (χ4n) is 3.70. The zero-order valence-corrected chi connectivity index (χ0v) is 15.0. The molecule has 0 unspecified atom stereocenters. The Labute approximate surface area is 139 Å². The van der Waals surface area contributed by atoms with Crippen molar-refractivity contribution in [3.05, 3.63) is 23.0 Å². The van der Waals surface area contributed by atoms with E-state index in [-0.39, 0.29) is 17.6 Å². The molecule has 0 radical (unpaired) electrons. The van der Waals surface area contributed by atoms with Gasteiger partial charge in [-0.05, 0) is 59.7 Å². The number of carbonyl (C=O) groups excluding carboxylic acids is 2. The molecule has 2 rings (SSSR count). The van der Waals surface area contributed by atoms with Gasteiger partial charge < -0.3 is 9.88 Å². The summed E-state index contributed by atoms with van der Waals surface area (Å²) < 4.78 is 2.21. The van der Waals surface area contributed by atoms with E-state index in [1.807, 2.05) is 13.0 Å². The van der Waals surface area contributed by atoms with Crippen LogP contribution < -0.4 is 5.32 Å². The topological polar surface area (TPSA) is 54.3 Å². The van der Waals surface area contributed by atoms with Crippen molar-refractivity contribution in [3.63, 3.8) is 0 Å². The maximum Gasteiger partial charge on any atom is 0.222 e. The molecular weight excluding hydrogens is 290 g/mol. The van der Waals surface area contributed by atoms with Crippen molar-refractivity contribution < 1.29 is 9.59 Å². The first-order valence-corrected chi connectivity index (χ1v) is 8.50. The van der Waals surface area contributed by atoms with E-state index in [1.165, 1.54) is 0 Å². The molecule has 1 aromatic heterocycles. The maximum absolute atomic E-state index is 12.7.